The predicted molar refractivity (Wildman–Crippen MR) is 78.7 cm³/mol. The molecular formula is C15H13FN4O3. The van der Waals surface area contributed by atoms with Crippen LogP contribution < -0.4 is 4.74 Å². The van der Waals surface area contributed by atoms with Gasteiger partial charge in [-0.2, -0.15) is 4.98 Å². The van der Waals surface area contributed by atoms with Gasteiger partial charge in [0.2, 0.25) is 0 Å². The van der Waals surface area contributed by atoms with Crippen LogP contribution in [0.15, 0.2) is 30.6 Å². The van der Waals surface area contributed by atoms with Crippen molar-refractivity contribution in [2.75, 3.05) is 13.7 Å². The molecular weight excluding hydrogens is 303 g/mol. The van der Waals surface area contributed by atoms with Crippen molar-refractivity contribution in [3.05, 3.63) is 42.2 Å². The average molecular weight is 316 g/mol. The number of ether oxygens (including phenoxy) is 2. The first-order valence-electron chi connectivity index (χ1n) is 6.86. The molecule has 3 rings (SSSR count). The van der Waals surface area contributed by atoms with Crippen molar-refractivity contribution in [2.45, 2.75) is 6.92 Å². The lowest BCUT2D eigenvalue weighted by molar-refractivity contribution is 0.0512. The van der Waals surface area contributed by atoms with Gasteiger partial charge in [0.1, 0.15) is 11.6 Å². The van der Waals surface area contributed by atoms with Crippen molar-refractivity contribution in [1.29, 1.82) is 0 Å². The van der Waals surface area contributed by atoms with E-state index in [9.17, 15) is 9.18 Å². The van der Waals surface area contributed by atoms with Crippen LogP contribution >= 0.6 is 0 Å². The van der Waals surface area contributed by atoms with E-state index in [1.807, 2.05) is 0 Å². The summed E-state index contributed by atoms with van der Waals surface area (Å²) in [7, 11) is 1.45. The first-order chi connectivity index (χ1) is 11.1. The summed E-state index contributed by atoms with van der Waals surface area (Å²) in [6.45, 7) is 1.94. The summed E-state index contributed by atoms with van der Waals surface area (Å²) in [5.41, 5.74) is 1.51. The van der Waals surface area contributed by atoms with E-state index in [-0.39, 0.29) is 12.4 Å². The molecule has 0 amide bonds. The molecule has 3 aromatic rings. The SMILES string of the molecule is CCOC(=O)c1nc2cnc(-c3ccc(F)cc3OC)cn2n1. The largest absolute Gasteiger partial charge is 0.496 e. The van der Waals surface area contributed by atoms with Gasteiger partial charge < -0.3 is 9.47 Å². The number of methoxy groups -OCH3 is 1. The van der Waals surface area contributed by atoms with E-state index in [2.05, 4.69) is 15.1 Å². The van der Waals surface area contributed by atoms with Crippen molar-refractivity contribution < 1.29 is 18.7 Å². The van der Waals surface area contributed by atoms with E-state index >= 15 is 0 Å². The van der Waals surface area contributed by atoms with Crippen LogP contribution in [0.4, 0.5) is 4.39 Å². The lowest BCUT2D eigenvalue weighted by Crippen LogP contribution is -2.06. The molecule has 0 spiro atoms. The van der Waals surface area contributed by atoms with Crippen molar-refractivity contribution in [2.24, 2.45) is 0 Å². The zero-order chi connectivity index (χ0) is 16.4. The number of carbonyl (C=O) groups excluding carboxylic acids is 1. The van der Waals surface area contributed by atoms with Gasteiger partial charge in [0.05, 0.1) is 31.8 Å². The third-order valence-corrected chi connectivity index (χ3v) is 3.12. The summed E-state index contributed by atoms with van der Waals surface area (Å²) in [6.07, 6.45) is 3.05. The number of halogens is 1. The number of carbonyl (C=O) groups is 1. The first-order valence-corrected chi connectivity index (χ1v) is 6.86. The summed E-state index contributed by atoms with van der Waals surface area (Å²) in [5.74, 6) is -0.700. The van der Waals surface area contributed by atoms with E-state index in [0.717, 1.165) is 0 Å². The molecule has 0 radical (unpaired) electrons. The number of hydrogen-bond acceptors (Lipinski definition) is 6. The molecule has 0 unspecified atom stereocenters. The van der Waals surface area contributed by atoms with E-state index in [4.69, 9.17) is 9.47 Å². The molecule has 0 bridgehead atoms. The number of rotatable bonds is 4. The van der Waals surface area contributed by atoms with Crippen LogP contribution in [0.25, 0.3) is 16.9 Å². The first kappa shape index (κ1) is 14.9. The van der Waals surface area contributed by atoms with Gasteiger partial charge in [0.25, 0.3) is 5.82 Å². The maximum atomic E-state index is 13.3. The van der Waals surface area contributed by atoms with E-state index in [1.54, 1.807) is 19.2 Å². The van der Waals surface area contributed by atoms with Crippen molar-refractivity contribution >= 4 is 11.6 Å². The number of esters is 1. The Labute approximate surface area is 130 Å². The monoisotopic (exact) mass is 316 g/mol. The molecule has 0 atom stereocenters. The minimum Gasteiger partial charge on any atom is -0.496 e. The van der Waals surface area contributed by atoms with E-state index < -0.39 is 11.8 Å². The molecule has 0 aliphatic carbocycles. The van der Waals surface area contributed by atoms with Crippen LogP contribution in [0.2, 0.25) is 0 Å². The highest BCUT2D eigenvalue weighted by atomic mass is 19.1. The van der Waals surface area contributed by atoms with Crippen molar-refractivity contribution in [3.63, 3.8) is 0 Å². The standard InChI is InChI=1S/C15H13FN4O3/c1-3-23-15(21)14-18-13-7-17-11(8-20(13)19-14)10-5-4-9(16)6-12(10)22-2/h4-8H,3H2,1-2H3. The quantitative estimate of drug-likeness (QED) is 0.686. The van der Waals surface area contributed by atoms with Crippen molar-refractivity contribution in [3.8, 4) is 17.0 Å². The molecule has 23 heavy (non-hydrogen) atoms. The Bertz CT molecular complexity index is 878. The second-order valence-corrected chi connectivity index (χ2v) is 4.58. The van der Waals surface area contributed by atoms with Crippen LogP contribution in [0.5, 0.6) is 5.75 Å². The summed E-state index contributed by atoms with van der Waals surface area (Å²) in [4.78, 5) is 20.0. The highest BCUT2D eigenvalue weighted by Crippen LogP contribution is 2.29. The Morgan fingerprint density at radius 1 is 1.39 bits per heavy atom. The second kappa shape index (κ2) is 5.99. The van der Waals surface area contributed by atoms with E-state index in [0.29, 0.717) is 22.7 Å². The lowest BCUT2D eigenvalue weighted by Gasteiger charge is -2.07. The number of benzene rings is 1. The van der Waals surface area contributed by atoms with Gasteiger partial charge in [-0.3, -0.25) is 4.98 Å². The molecule has 0 aliphatic heterocycles. The van der Waals surface area contributed by atoms with Crippen LogP contribution in [0.1, 0.15) is 17.5 Å². The number of nitrogens with zero attached hydrogens (tertiary/aromatic N) is 4. The third kappa shape index (κ3) is 2.83. The van der Waals surface area contributed by atoms with Crippen LogP contribution in [0, 0.1) is 5.82 Å². The predicted octanol–water partition coefficient (Wildman–Crippen LogP) is 2.12. The minimum absolute atomic E-state index is 0.0446. The van der Waals surface area contributed by atoms with E-state index in [1.165, 1.54) is 30.0 Å². The van der Waals surface area contributed by atoms with Gasteiger partial charge >= 0.3 is 5.97 Å². The maximum absolute atomic E-state index is 13.3. The fourth-order valence-corrected chi connectivity index (χ4v) is 2.09. The van der Waals surface area contributed by atoms with Gasteiger partial charge in [-0.1, -0.05) is 0 Å². The Morgan fingerprint density at radius 2 is 2.22 bits per heavy atom. The molecule has 2 heterocycles. The Morgan fingerprint density at radius 3 is 2.96 bits per heavy atom. The molecule has 0 saturated carbocycles. The fraction of sp³-hybridized carbons (Fsp3) is 0.200. The average Bonchev–Trinajstić information content (AvgIpc) is 2.98. The Hall–Kier alpha value is -3.03. The summed E-state index contributed by atoms with van der Waals surface area (Å²) < 4.78 is 24.7. The zero-order valence-corrected chi connectivity index (χ0v) is 12.5. The van der Waals surface area contributed by atoms with Gasteiger partial charge in [-0.05, 0) is 19.1 Å². The smallest absolute Gasteiger partial charge is 0.378 e. The molecule has 2 aromatic heterocycles. The molecule has 0 aliphatic rings. The van der Waals surface area contributed by atoms with Crippen LogP contribution in [0.3, 0.4) is 0 Å². The van der Waals surface area contributed by atoms with Gasteiger partial charge in [0.15, 0.2) is 5.65 Å². The Kier molecular flexibility index (Phi) is 3.88. The zero-order valence-electron chi connectivity index (χ0n) is 12.5. The van der Waals surface area contributed by atoms with Crippen LogP contribution in [-0.2, 0) is 4.74 Å². The Balaban J connectivity index is 2.05. The summed E-state index contributed by atoms with van der Waals surface area (Å²) >= 11 is 0. The number of hydrogen-bond donors (Lipinski definition) is 0. The van der Waals surface area contributed by atoms with Crippen LogP contribution in [-0.4, -0.2) is 39.3 Å². The topological polar surface area (TPSA) is 78.6 Å². The molecule has 1 aromatic carbocycles. The second-order valence-electron chi connectivity index (χ2n) is 4.58. The molecule has 0 N–H and O–H groups in total. The molecule has 0 saturated heterocycles. The molecule has 118 valence electrons. The number of aromatic nitrogens is 4. The maximum Gasteiger partial charge on any atom is 0.378 e. The third-order valence-electron chi connectivity index (χ3n) is 3.12. The molecule has 8 heteroatoms. The fourth-order valence-electron chi connectivity index (χ4n) is 2.09. The highest BCUT2D eigenvalue weighted by molar-refractivity contribution is 5.85. The lowest BCUT2D eigenvalue weighted by atomic mass is 10.1. The number of fused-ring (bicyclic) bond motifs is 1. The minimum atomic E-state index is -0.600. The van der Waals surface area contributed by atoms with Gasteiger partial charge in [-0.15, -0.1) is 5.10 Å². The van der Waals surface area contributed by atoms with Gasteiger partial charge in [0, 0.05) is 11.6 Å². The summed E-state index contributed by atoms with van der Waals surface area (Å²) in [6, 6.07) is 4.15. The normalized spacial score (nSPS) is 10.7. The molecule has 7 nitrogen and oxygen atoms in total. The molecule has 0 fully saturated rings. The van der Waals surface area contributed by atoms with Gasteiger partial charge in [-0.25, -0.2) is 13.7 Å². The summed E-state index contributed by atoms with van der Waals surface area (Å²) in [5, 5.41) is 4.07. The van der Waals surface area contributed by atoms with Crippen molar-refractivity contribution in [1.82, 2.24) is 19.6 Å². The highest BCUT2D eigenvalue weighted by Gasteiger charge is 2.15.